The van der Waals surface area contributed by atoms with Crippen molar-refractivity contribution in [3.8, 4) is 34.5 Å². The highest BCUT2D eigenvalue weighted by molar-refractivity contribution is 6.13. The molecule has 0 unspecified atom stereocenters. The fourth-order valence-electron chi connectivity index (χ4n) is 4.82. The average Bonchev–Trinajstić information content (AvgIpc) is 3.39. The van der Waals surface area contributed by atoms with Crippen LogP contribution in [0.4, 0.5) is 18.9 Å². The maximum atomic E-state index is 13.1. The van der Waals surface area contributed by atoms with Crippen molar-refractivity contribution in [2.24, 2.45) is 10.1 Å². The van der Waals surface area contributed by atoms with Crippen LogP contribution in [0, 0.1) is 42.9 Å². The molecule has 6 nitrogen and oxygen atoms in total. The summed E-state index contributed by atoms with van der Waals surface area (Å²) in [6.07, 6.45) is -2.74. The van der Waals surface area contributed by atoms with Gasteiger partial charge in [0.15, 0.2) is 5.36 Å². The van der Waals surface area contributed by atoms with Gasteiger partial charge in [-0.15, -0.1) is 4.95 Å². The highest BCUT2D eigenvalue weighted by Crippen LogP contribution is 2.40. The summed E-state index contributed by atoms with van der Waals surface area (Å²) in [7, 11) is 0. The highest BCUT2D eigenvalue weighted by Gasteiger charge is 2.30. The van der Waals surface area contributed by atoms with Crippen molar-refractivity contribution in [3.63, 3.8) is 0 Å². The van der Waals surface area contributed by atoms with E-state index in [-0.39, 0.29) is 33.1 Å². The van der Waals surface area contributed by atoms with Gasteiger partial charge in [-0.3, -0.25) is 0 Å². The Hall–Kier alpha value is -5.77. The topological polar surface area (TPSA) is 81.0 Å². The summed E-state index contributed by atoms with van der Waals surface area (Å²) in [4.78, 5) is 10.9. The van der Waals surface area contributed by atoms with E-state index in [1.807, 2.05) is 31.2 Å². The molecule has 0 aliphatic heterocycles. The zero-order valence-electron chi connectivity index (χ0n) is 20.1. The Morgan fingerprint density at radius 3 is 1.95 bits per heavy atom. The third kappa shape index (κ3) is 3.96. The van der Waals surface area contributed by atoms with Gasteiger partial charge in [0.05, 0.1) is 28.2 Å². The number of halogens is 3. The van der Waals surface area contributed by atoms with Crippen LogP contribution in [-0.2, 0) is 6.18 Å². The molecule has 9 heteroatoms. The number of hydrogen-bond donors (Lipinski definition) is 0. The maximum absolute atomic E-state index is 13.1. The second kappa shape index (κ2) is 9.27. The summed E-state index contributed by atoms with van der Waals surface area (Å²) < 4.78 is 39.4. The fourth-order valence-corrected chi connectivity index (χ4v) is 4.82. The molecule has 0 N–H and O–H groups in total. The van der Waals surface area contributed by atoms with Gasteiger partial charge in [-0.05, 0) is 47.0 Å². The first kappa shape index (κ1) is 24.9. The molecule has 39 heavy (non-hydrogen) atoms. The van der Waals surface area contributed by atoms with Crippen LogP contribution in [0.25, 0.3) is 53.6 Å². The molecule has 5 aromatic carbocycles. The van der Waals surface area contributed by atoms with Crippen molar-refractivity contribution in [2.45, 2.75) is 13.1 Å². The van der Waals surface area contributed by atoms with Crippen LogP contribution >= 0.6 is 0 Å². The monoisotopic (exact) mass is 514 g/mol. The van der Waals surface area contributed by atoms with Crippen LogP contribution in [0.1, 0.15) is 16.7 Å². The van der Waals surface area contributed by atoms with Gasteiger partial charge in [-0.25, -0.2) is 4.85 Å². The molecular formula is C30H13F3N6. The molecule has 0 fully saturated rings. The van der Waals surface area contributed by atoms with Crippen molar-refractivity contribution < 1.29 is 13.2 Å². The minimum Gasteiger partial charge on any atom is -0.237 e. The minimum absolute atomic E-state index is 0.111. The zero-order chi connectivity index (χ0) is 27.9. The number of alkyl halides is 3. The van der Waals surface area contributed by atoms with E-state index in [0.717, 1.165) is 17.7 Å². The summed E-state index contributed by atoms with van der Waals surface area (Å²) in [6, 6.07) is 17.1. The van der Waals surface area contributed by atoms with E-state index in [2.05, 4.69) is 26.0 Å². The van der Waals surface area contributed by atoms with Crippen molar-refractivity contribution in [1.29, 1.82) is 10.5 Å². The smallest absolute Gasteiger partial charge is 0.237 e. The van der Waals surface area contributed by atoms with Crippen molar-refractivity contribution in [2.75, 3.05) is 0 Å². The molecule has 0 saturated heterocycles. The molecule has 184 valence electrons. The average molecular weight is 514 g/mol. The van der Waals surface area contributed by atoms with E-state index in [4.69, 9.17) is 13.1 Å². The van der Waals surface area contributed by atoms with Crippen LogP contribution in [0.15, 0.2) is 70.8 Å². The minimum atomic E-state index is -4.54. The molecule has 0 amide bonds. The summed E-state index contributed by atoms with van der Waals surface area (Å²) in [5.41, 5.74) is 2.17. The number of benzene rings is 3. The lowest BCUT2D eigenvalue weighted by Crippen LogP contribution is -2.05. The molecule has 0 aliphatic carbocycles. The van der Waals surface area contributed by atoms with E-state index in [1.54, 1.807) is 18.3 Å². The third-order valence-electron chi connectivity index (χ3n) is 6.53. The number of nitriles is 2. The number of rotatable bonds is 2. The first-order valence-electron chi connectivity index (χ1n) is 11.4. The molecular weight excluding hydrogens is 501 g/mol. The standard InChI is InChI=1S/C30H13F3N6/c1-16-4-6-18(7-5-16)26-27(36-2)22-13-21-20(12-23(22)28(26)38-15-35)24(14-34)25(29(21)39-37-3)17-8-10-19(11-9-17)30(31,32)33/h4-13H,1H3/b38-28?,39-29+. The molecule has 0 saturated carbocycles. The SMILES string of the molecule is [C-]#[N+]/N=c1/c(-c2ccc(C(F)(F)F)cc2)c(C#N)c2cc3c(=NC#N)c(-c4ccc(C)cc4)c([N+]#[C-])c3cc12. The summed E-state index contributed by atoms with van der Waals surface area (Å²) in [5.74, 6) is 0. The molecule has 0 aromatic heterocycles. The number of hydrogen-bond acceptors (Lipinski definition) is 4. The normalized spacial score (nSPS) is 12.3. The van der Waals surface area contributed by atoms with Gasteiger partial charge >= 0.3 is 6.18 Å². The number of nitrogens with zero attached hydrogens (tertiary/aromatic N) is 6. The van der Waals surface area contributed by atoms with Crippen LogP contribution < -0.4 is 10.7 Å². The largest absolute Gasteiger partial charge is 0.416 e. The van der Waals surface area contributed by atoms with Crippen LogP contribution in [0.5, 0.6) is 0 Å². The molecule has 0 radical (unpaired) electrons. The predicted molar refractivity (Wildman–Crippen MR) is 139 cm³/mol. The first-order chi connectivity index (χ1) is 18.7. The predicted octanol–water partition coefficient (Wildman–Crippen LogP) is 7.07. The molecule has 0 heterocycles. The van der Waals surface area contributed by atoms with Crippen molar-refractivity contribution in [3.05, 3.63) is 111 Å². The van der Waals surface area contributed by atoms with Gasteiger partial charge in [0.25, 0.3) is 0 Å². The quantitative estimate of drug-likeness (QED) is 0.143. The Balaban J connectivity index is 1.92. The second-order valence-electron chi connectivity index (χ2n) is 8.69. The van der Waals surface area contributed by atoms with Crippen LogP contribution in [0.3, 0.4) is 0 Å². The van der Waals surface area contributed by atoms with E-state index in [9.17, 15) is 23.7 Å². The number of aryl methyl sites for hydroxylation is 1. The molecule has 0 bridgehead atoms. The van der Waals surface area contributed by atoms with Crippen LogP contribution in [0.2, 0.25) is 0 Å². The Labute approximate surface area is 219 Å². The lowest BCUT2D eigenvalue weighted by molar-refractivity contribution is -0.137. The first-order valence-corrected chi connectivity index (χ1v) is 11.4. The molecule has 0 spiro atoms. The van der Waals surface area contributed by atoms with Crippen molar-refractivity contribution in [1.82, 2.24) is 0 Å². The van der Waals surface area contributed by atoms with Gasteiger partial charge in [0.1, 0.15) is 6.07 Å². The summed E-state index contributed by atoms with van der Waals surface area (Å²) >= 11 is 0. The lowest BCUT2D eigenvalue weighted by atomic mass is 10.0. The van der Waals surface area contributed by atoms with Gasteiger partial charge < -0.3 is 0 Å². The fraction of sp³-hybridized carbons (Fsp3) is 0.0667. The molecule has 0 aliphatic rings. The molecule has 5 aromatic rings. The Bertz CT molecular complexity index is 2080. The third-order valence-corrected chi connectivity index (χ3v) is 6.53. The summed E-state index contributed by atoms with van der Waals surface area (Å²) in [6.45, 7) is 17.2. The molecule has 5 rings (SSSR count). The number of fused-ring (bicyclic) bond motifs is 2. The van der Waals surface area contributed by atoms with Gasteiger partial charge in [-0.1, -0.05) is 48.0 Å². The Morgan fingerprint density at radius 2 is 1.38 bits per heavy atom. The lowest BCUT2D eigenvalue weighted by Gasteiger charge is -2.07. The van der Waals surface area contributed by atoms with Crippen LogP contribution in [-0.4, -0.2) is 0 Å². The highest BCUT2D eigenvalue weighted by atomic mass is 19.4. The van der Waals surface area contributed by atoms with E-state index >= 15 is 0 Å². The Morgan fingerprint density at radius 1 is 0.795 bits per heavy atom. The second-order valence-corrected chi connectivity index (χ2v) is 8.69. The van der Waals surface area contributed by atoms with Gasteiger partial charge in [-0.2, -0.15) is 35.3 Å². The summed E-state index contributed by atoms with van der Waals surface area (Å²) in [5, 5.41) is 25.6. The van der Waals surface area contributed by atoms with Gasteiger partial charge in [0.2, 0.25) is 11.9 Å². The maximum Gasteiger partial charge on any atom is 0.416 e. The van der Waals surface area contributed by atoms with E-state index in [0.29, 0.717) is 32.7 Å². The van der Waals surface area contributed by atoms with E-state index < -0.39 is 11.7 Å². The zero-order valence-corrected chi connectivity index (χ0v) is 20.1. The molecule has 0 atom stereocenters. The van der Waals surface area contributed by atoms with Crippen molar-refractivity contribution >= 4 is 27.2 Å². The Kier molecular flexibility index (Phi) is 5.92. The van der Waals surface area contributed by atoms with Gasteiger partial charge in [0, 0.05) is 21.9 Å². The van der Waals surface area contributed by atoms with E-state index in [1.165, 1.54) is 12.1 Å².